The standard InChI is InChI=1S/C13H22N2/c1-13(2)11(10-14)8-9-15(13)12-6-4-3-5-7-12/h11-12H,3-9H2,1-2H3. The molecule has 1 atom stereocenters. The fraction of sp³-hybridized carbons (Fsp3) is 0.923. The third-order valence-electron chi connectivity index (χ3n) is 4.42. The van der Waals surface area contributed by atoms with Gasteiger partial charge in [-0.3, -0.25) is 4.90 Å². The Hall–Kier alpha value is -0.550. The highest BCUT2D eigenvalue weighted by molar-refractivity contribution is 5.06. The van der Waals surface area contributed by atoms with E-state index in [1.807, 2.05) is 0 Å². The van der Waals surface area contributed by atoms with Gasteiger partial charge in [0.15, 0.2) is 0 Å². The fourth-order valence-electron chi connectivity index (χ4n) is 3.38. The van der Waals surface area contributed by atoms with Crippen molar-refractivity contribution in [2.24, 2.45) is 5.92 Å². The minimum Gasteiger partial charge on any atom is -0.294 e. The van der Waals surface area contributed by atoms with Crippen molar-refractivity contribution >= 4 is 0 Å². The monoisotopic (exact) mass is 206 g/mol. The summed E-state index contributed by atoms with van der Waals surface area (Å²) in [4.78, 5) is 2.61. The van der Waals surface area contributed by atoms with Crippen molar-refractivity contribution in [1.29, 1.82) is 5.26 Å². The molecule has 0 amide bonds. The minimum absolute atomic E-state index is 0.108. The van der Waals surface area contributed by atoms with Crippen LogP contribution in [-0.2, 0) is 0 Å². The zero-order chi connectivity index (χ0) is 10.9. The van der Waals surface area contributed by atoms with Crippen LogP contribution in [0.2, 0.25) is 0 Å². The van der Waals surface area contributed by atoms with E-state index in [0.29, 0.717) is 0 Å². The third-order valence-corrected chi connectivity index (χ3v) is 4.42. The molecule has 0 aromatic carbocycles. The summed E-state index contributed by atoms with van der Waals surface area (Å²) in [5.41, 5.74) is 0.108. The Kier molecular flexibility index (Phi) is 3.02. The van der Waals surface area contributed by atoms with Gasteiger partial charge in [-0.05, 0) is 33.1 Å². The first kappa shape index (κ1) is 11.0. The first-order chi connectivity index (χ1) is 7.16. The molecule has 1 unspecified atom stereocenters. The second kappa shape index (κ2) is 4.14. The van der Waals surface area contributed by atoms with Gasteiger partial charge in [0.25, 0.3) is 0 Å². The van der Waals surface area contributed by atoms with Gasteiger partial charge in [0.2, 0.25) is 0 Å². The molecule has 1 heterocycles. The summed E-state index contributed by atoms with van der Waals surface area (Å²) in [5, 5.41) is 9.14. The molecule has 2 heteroatoms. The summed E-state index contributed by atoms with van der Waals surface area (Å²) >= 11 is 0. The summed E-state index contributed by atoms with van der Waals surface area (Å²) < 4.78 is 0. The number of nitrogens with zero attached hydrogens (tertiary/aromatic N) is 2. The zero-order valence-corrected chi connectivity index (χ0v) is 10.00. The second-order valence-corrected chi connectivity index (χ2v) is 5.61. The summed E-state index contributed by atoms with van der Waals surface area (Å²) in [6.07, 6.45) is 7.94. The molecule has 0 radical (unpaired) electrons. The highest BCUT2D eigenvalue weighted by atomic mass is 15.2. The van der Waals surface area contributed by atoms with Crippen LogP contribution in [0.5, 0.6) is 0 Å². The lowest BCUT2D eigenvalue weighted by Gasteiger charge is -2.41. The quantitative estimate of drug-likeness (QED) is 0.659. The van der Waals surface area contributed by atoms with Gasteiger partial charge < -0.3 is 0 Å². The minimum atomic E-state index is 0.108. The lowest BCUT2D eigenvalue weighted by atomic mass is 9.86. The Morgan fingerprint density at radius 1 is 1.13 bits per heavy atom. The van der Waals surface area contributed by atoms with Gasteiger partial charge in [0.05, 0.1) is 12.0 Å². The fourth-order valence-corrected chi connectivity index (χ4v) is 3.38. The van der Waals surface area contributed by atoms with E-state index in [0.717, 1.165) is 19.0 Å². The normalized spacial score (nSPS) is 32.7. The van der Waals surface area contributed by atoms with Crippen LogP contribution >= 0.6 is 0 Å². The molecule has 1 saturated heterocycles. The predicted octanol–water partition coefficient (Wildman–Crippen LogP) is 2.94. The molecule has 0 bridgehead atoms. The maximum atomic E-state index is 9.14. The van der Waals surface area contributed by atoms with Gasteiger partial charge >= 0.3 is 0 Å². The molecule has 0 aromatic rings. The lowest BCUT2D eigenvalue weighted by Crippen LogP contribution is -2.48. The Morgan fingerprint density at radius 3 is 2.33 bits per heavy atom. The zero-order valence-electron chi connectivity index (χ0n) is 10.00. The maximum Gasteiger partial charge on any atom is 0.0675 e. The van der Waals surface area contributed by atoms with Crippen LogP contribution in [0.25, 0.3) is 0 Å². The average molecular weight is 206 g/mol. The van der Waals surface area contributed by atoms with E-state index in [2.05, 4.69) is 24.8 Å². The van der Waals surface area contributed by atoms with Crippen LogP contribution in [0.4, 0.5) is 0 Å². The largest absolute Gasteiger partial charge is 0.294 e. The van der Waals surface area contributed by atoms with Crippen molar-refractivity contribution in [2.75, 3.05) is 6.54 Å². The van der Waals surface area contributed by atoms with E-state index in [-0.39, 0.29) is 11.5 Å². The number of likely N-dealkylation sites (tertiary alicyclic amines) is 1. The van der Waals surface area contributed by atoms with Crippen molar-refractivity contribution in [3.05, 3.63) is 0 Å². The van der Waals surface area contributed by atoms with Gasteiger partial charge in [-0.2, -0.15) is 5.26 Å². The molecule has 1 saturated carbocycles. The molecule has 84 valence electrons. The van der Waals surface area contributed by atoms with Crippen LogP contribution in [0.1, 0.15) is 52.4 Å². The van der Waals surface area contributed by atoms with Gasteiger partial charge in [-0.1, -0.05) is 19.3 Å². The number of rotatable bonds is 1. The first-order valence-corrected chi connectivity index (χ1v) is 6.32. The molecule has 1 aliphatic carbocycles. The molecule has 1 aliphatic heterocycles. The molecule has 0 spiro atoms. The van der Waals surface area contributed by atoms with Gasteiger partial charge in [0.1, 0.15) is 0 Å². The van der Waals surface area contributed by atoms with Crippen LogP contribution in [-0.4, -0.2) is 23.0 Å². The van der Waals surface area contributed by atoms with Crippen LogP contribution in [0.3, 0.4) is 0 Å². The molecule has 2 fully saturated rings. The summed E-state index contributed by atoms with van der Waals surface area (Å²) in [7, 11) is 0. The van der Waals surface area contributed by atoms with E-state index in [9.17, 15) is 0 Å². The highest BCUT2D eigenvalue weighted by Crippen LogP contribution is 2.38. The van der Waals surface area contributed by atoms with Crippen molar-refractivity contribution in [1.82, 2.24) is 4.90 Å². The SMILES string of the molecule is CC1(C)C(C#N)CCN1C1CCCCC1. The summed E-state index contributed by atoms with van der Waals surface area (Å²) in [5.74, 6) is 0.236. The molecule has 15 heavy (non-hydrogen) atoms. The van der Waals surface area contributed by atoms with Crippen molar-refractivity contribution < 1.29 is 0 Å². The van der Waals surface area contributed by atoms with Crippen molar-refractivity contribution in [3.8, 4) is 6.07 Å². The van der Waals surface area contributed by atoms with E-state index in [1.54, 1.807) is 0 Å². The summed E-state index contributed by atoms with van der Waals surface area (Å²) in [6, 6.07) is 3.24. The van der Waals surface area contributed by atoms with Crippen LogP contribution in [0.15, 0.2) is 0 Å². The lowest BCUT2D eigenvalue weighted by molar-refractivity contribution is 0.0780. The van der Waals surface area contributed by atoms with E-state index in [1.165, 1.54) is 32.1 Å². The Bertz CT molecular complexity index is 258. The predicted molar refractivity (Wildman–Crippen MR) is 61.4 cm³/mol. The highest BCUT2D eigenvalue weighted by Gasteiger charge is 2.44. The van der Waals surface area contributed by atoms with Gasteiger partial charge in [0, 0.05) is 18.1 Å². The molecule has 2 rings (SSSR count). The first-order valence-electron chi connectivity index (χ1n) is 6.32. The maximum absolute atomic E-state index is 9.14. The molecule has 0 aromatic heterocycles. The molecule has 0 N–H and O–H groups in total. The molecular weight excluding hydrogens is 184 g/mol. The Balaban J connectivity index is 2.07. The third kappa shape index (κ3) is 1.90. The Morgan fingerprint density at radius 2 is 1.80 bits per heavy atom. The number of hydrogen-bond acceptors (Lipinski definition) is 2. The van der Waals surface area contributed by atoms with E-state index in [4.69, 9.17) is 5.26 Å². The van der Waals surface area contributed by atoms with Crippen molar-refractivity contribution in [2.45, 2.75) is 64.0 Å². The topological polar surface area (TPSA) is 27.0 Å². The van der Waals surface area contributed by atoms with E-state index < -0.39 is 0 Å². The van der Waals surface area contributed by atoms with E-state index >= 15 is 0 Å². The van der Waals surface area contributed by atoms with Crippen LogP contribution in [0, 0.1) is 17.2 Å². The summed E-state index contributed by atoms with van der Waals surface area (Å²) in [6.45, 7) is 5.64. The molecule has 2 nitrogen and oxygen atoms in total. The number of nitriles is 1. The molecule has 2 aliphatic rings. The van der Waals surface area contributed by atoms with Gasteiger partial charge in [-0.15, -0.1) is 0 Å². The Labute approximate surface area is 93.3 Å². The van der Waals surface area contributed by atoms with Crippen LogP contribution < -0.4 is 0 Å². The number of hydrogen-bond donors (Lipinski definition) is 0. The smallest absolute Gasteiger partial charge is 0.0675 e. The average Bonchev–Trinajstić information content (AvgIpc) is 2.54. The van der Waals surface area contributed by atoms with Crippen molar-refractivity contribution in [3.63, 3.8) is 0 Å². The second-order valence-electron chi connectivity index (χ2n) is 5.61. The van der Waals surface area contributed by atoms with Gasteiger partial charge in [-0.25, -0.2) is 0 Å². The molecular formula is C13H22N2.